The normalized spacial score (nSPS) is 11.0. The molecule has 0 spiro atoms. The van der Waals surface area contributed by atoms with E-state index in [0.717, 1.165) is 39.4 Å². The molecule has 6 heteroatoms. The zero-order valence-electron chi connectivity index (χ0n) is 20.4. The number of aromatic nitrogens is 1. The average Bonchev–Trinajstić information content (AvgIpc) is 3.53. The predicted molar refractivity (Wildman–Crippen MR) is 143 cm³/mol. The van der Waals surface area contributed by atoms with Crippen molar-refractivity contribution in [3.63, 3.8) is 0 Å². The second-order valence-corrected chi connectivity index (χ2v) is 9.11. The van der Waals surface area contributed by atoms with Crippen LogP contribution in [-0.4, -0.2) is 33.0 Å². The van der Waals surface area contributed by atoms with Gasteiger partial charge in [0.05, 0.1) is 34.1 Å². The monoisotopic (exact) mass is 485 g/mol. The zero-order chi connectivity index (χ0) is 24.5. The molecule has 0 aliphatic carbocycles. The van der Waals surface area contributed by atoms with Crippen LogP contribution < -0.4 is 18.9 Å². The van der Waals surface area contributed by atoms with Crippen molar-refractivity contribution in [1.29, 1.82) is 0 Å². The summed E-state index contributed by atoms with van der Waals surface area (Å²) >= 11 is 1.73. The Morgan fingerprint density at radius 1 is 0.657 bits per heavy atom. The Bertz CT molecular complexity index is 1480. The van der Waals surface area contributed by atoms with Crippen LogP contribution in [0.2, 0.25) is 0 Å². The SMILES string of the molecule is COc1cc(OC)cc(-c2c(-c3cccs3)c3cc(-c4ccc(OC)c(OC)c4)ccc3n2C)c1. The number of methoxy groups -OCH3 is 4. The number of thiophene rings is 1. The second-order valence-electron chi connectivity index (χ2n) is 8.16. The number of fused-ring (bicyclic) bond motifs is 1. The van der Waals surface area contributed by atoms with Crippen molar-refractivity contribution < 1.29 is 18.9 Å². The minimum atomic E-state index is 0.709. The van der Waals surface area contributed by atoms with Crippen molar-refractivity contribution >= 4 is 22.2 Å². The van der Waals surface area contributed by atoms with Gasteiger partial charge in [0, 0.05) is 40.0 Å². The molecule has 0 radical (unpaired) electrons. The maximum Gasteiger partial charge on any atom is 0.161 e. The third-order valence-electron chi connectivity index (χ3n) is 6.31. The summed E-state index contributed by atoms with van der Waals surface area (Å²) in [4.78, 5) is 1.21. The molecule has 0 bridgehead atoms. The van der Waals surface area contributed by atoms with Crippen LogP contribution in [0, 0.1) is 0 Å². The molecule has 5 nitrogen and oxygen atoms in total. The van der Waals surface area contributed by atoms with Gasteiger partial charge in [-0.15, -0.1) is 11.3 Å². The number of hydrogen-bond acceptors (Lipinski definition) is 5. The number of benzene rings is 3. The van der Waals surface area contributed by atoms with Gasteiger partial charge in [-0.1, -0.05) is 18.2 Å². The van der Waals surface area contributed by atoms with Gasteiger partial charge in [0.25, 0.3) is 0 Å². The van der Waals surface area contributed by atoms with Gasteiger partial charge in [0.1, 0.15) is 11.5 Å². The molecule has 2 heterocycles. The Balaban J connectivity index is 1.78. The summed E-state index contributed by atoms with van der Waals surface area (Å²) in [6.45, 7) is 0. The number of rotatable bonds is 7. The molecule has 0 unspecified atom stereocenters. The molecule has 35 heavy (non-hydrogen) atoms. The van der Waals surface area contributed by atoms with Crippen LogP contribution in [0.25, 0.3) is 43.7 Å². The summed E-state index contributed by atoms with van der Waals surface area (Å²) < 4.78 is 24.4. The minimum absolute atomic E-state index is 0.709. The lowest BCUT2D eigenvalue weighted by Gasteiger charge is -2.11. The van der Waals surface area contributed by atoms with E-state index >= 15 is 0 Å². The lowest BCUT2D eigenvalue weighted by Crippen LogP contribution is -1.95. The van der Waals surface area contributed by atoms with Crippen LogP contribution >= 0.6 is 11.3 Å². The van der Waals surface area contributed by atoms with E-state index in [-0.39, 0.29) is 0 Å². The molecular weight excluding hydrogens is 458 g/mol. The topological polar surface area (TPSA) is 41.9 Å². The molecule has 0 saturated heterocycles. The van der Waals surface area contributed by atoms with E-state index in [4.69, 9.17) is 18.9 Å². The maximum absolute atomic E-state index is 5.57. The first-order chi connectivity index (χ1) is 17.1. The standard InChI is InChI=1S/C29H27NO4S/c1-30-24-10-8-18(19-9-11-25(33-4)26(16-19)34-5)15-23(24)28(27-7-6-12-35-27)29(30)20-13-21(31-2)17-22(14-20)32-3/h6-17H,1-5H3. The fourth-order valence-electron chi connectivity index (χ4n) is 4.59. The number of aryl methyl sites for hydroxylation is 1. The van der Waals surface area contributed by atoms with Gasteiger partial charge >= 0.3 is 0 Å². The molecule has 0 fully saturated rings. The second kappa shape index (κ2) is 9.39. The Morgan fingerprint density at radius 3 is 1.97 bits per heavy atom. The summed E-state index contributed by atoms with van der Waals surface area (Å²) in [5.74, 6) is 2.94. The molecule has 0 N–H and O–H groups in total. The Hall–Kier alpha value is -3.90. The summed E-state index contributed by atoms with van der Waals surface area (Å²) in [6, 6.07) is 22.9. The van der Waals surface area contributed by atoms with Crippen LogP contribution in [0.1, 0.15) is 0 Å². The van der Waals surface area contributed by atoms with E-state index in [0.29, 0.717) is 11.5 Å². The Morgan fingerprint density at radius 2 is 1.34 bits per heavy atom. The summed E-state index contributed by atoms with van der Waals surface area (Å²) in [5, 5.41) is 3.29. The zero-order valence-corrected chi connectivity index (χ0v) is 21.2. The van der Waals surface area contributed by atoms with E-state index in [9.17, 15) is 0 Å². The van der Waals surface area contributed by atoms with Crippen LogP contribution in [-0.2, 0) is 7.05 Å². The van der Waals surface area contributed by atoms with Gasteiger partial charge in [0.2, 0.25) is 0 Å². The molecule has 2 aromatic heterocycles. The summed E-state index contributed by atoms with van der Waals surface area (Å²) in [7, 11) is 8.77. The highest BCUT2D eigenvalue weighted by molar-refractivity contribution is 7.13. The largest absolute Gasteiger partial charge is 0.497 e. The van der Waals surface area contributed by atoms with Gasteiger partial charge < -0.3 is 23.5 Å². The third kappa shape index (κ3) is 4.00. The predicted octanol–water partition coefficient (Wildman–Crippen LogP) is 7.28. The lowest BCUT2D eigenvalue weighted by molar-refractivity contribution is 0.355. The molecule has 178 valence electrons. The molecule has 3 aromatic carbocycles. The number of hydrogen-bond donors (Lipinski definition) is 0. The van der Waals surface area contributed by atoms with E-state index < -0.39 is 0 Å². The lowest BCUT2D eigenvalue weighted by atomic mass is 9.99. The highest BCUT2D eigenvalue weighted by atomic mass is 32.1. The first-order valence-electron chi connectivity index (χ1n) is 11.2. The molecule has 0 aliphatic rings. The van der Waals surface area contributed by atoms with Crippen LogP contribution in [0.15, 0.2) is 72.1 Å². The van der Waals surface area contributed by atoms with E-state index in [1.807, 2.05) is 18.2 Å². The molecule has 5 aromatic rings. The van der Waals surface area contributed by atoms with E-state index in [1.165, 1.54) is 15.8 Å². The van der Waals surface area contributed by atoms with Crippen LogP contribution in [0.3, 0.4) is 0 Å². The van der Waals surface area contributed by atoms with E-state index in [1.54, 1.807) is 39.8 Å². The first-order valence-corrected chi connectivity index (χ1v) is 12.1. The van der Waals surface area contributed by atoms with Crippen molar-refractivity contribution in [3.05, 3.63) is 72.1 Å². The average molecular weight is 486 g/mol. The molecular formula is C29H27NO4S. The fourth-order valence-corrected chi connectivity index (χ4v) is 5.38. The third-order valence-corrected chi connectivity index (χ3v) is 7.20. The molecule has 0 amide bonds. The molecule has 0 saturated carbocycles. The van der Waals surface area contributed by atoms with Gasteiger partial charge in [0.15, 0.2) is 11.5 Å². The van der Waals surface area contributed by atoms with Gasteiger partial charge in [-0.2, -0.15) is 0 Å². The minimum Gasteiger partial charge on any atom is -0.497 e. The smallest absolute Gasteiger partial charge is 0.161 e. The van der Waals surface area contributed by atoms with Gasteiger partial charge in [-0.3, -0.25) is 0 Å². The maximum atomic E-state index is 5.57. The fraction of sp³-hybridized carbons (Fsp3) is 0.172. The number of ether oxygens (including phenoxy) is 4. The Labute approximate surface area is 209 Å². The summed E-state index contributed by atoms with van der Waals surface area (Å²) in [5.41, 5.74) is 6.66. The van der Waals surface area contributed by atoms with Gasteiger partial charge in [-0.25, -0.2) is 0 Å². The van der Waals surface area contributed by atoms with Gasteiger partial charge in [-0.05, 0) is 59.0 Å². The quantitative estimate of drug-likeness (QED) is 0.243. The highest BCUT2D eigenvalue weighted by Gasteiger charge is 2.21. The van der Waals surface area contributed by atoms with Crippen molar-refractivity contribution in [2.24, 2.45) is 7.05 Å². The molecule has 0 atom stereocenters. The number of nitrogens with zero attached hydrogens (tertiary/aromatic N) is 1. The highest BCUT2D eigenvalue weighted by Crippen LogP contribution is 2.45. The molecule has 5 rings (SSSR count). The Kier molecular flexibility index (Phi) is 6.14. The van der Waals surface area contributed by atoms with Crippen molar-refractivity contribution in [2.45, 2.75) is 0 Å². The van der Waals surface area contributed by atoms with Crippen LogP contribution in [0.5, 0.6) is 23.0 Å². The van der Waals surface area contributed by atoms with Crippen molar-refractivity contribution in [3.8, 4) is 55.8 Å². The van der Waals surface area contributed by atoms with Crippen LogP contribution in [0.4, 0.5) is 0 Å². The van der Waals surface area contributed by atoms with E-state index in [2.05, 4.69) is 65.5 Å². The summed E-state index contributed by atoms with van der Waals surface area (Å²) in [6.07, 6.45) is 0. The van der Waals surface area contributed by atoms with Crippen molar-refractivity contribution in [2.75, 3.05) is 28.4 Å². The van der Waals surface area contributed by atoms with Crippen molar-refractivity contribution in [1.82, 2.24) is 4.57 Å². The first kappa shape index (κ1) is 22.9. The molecule has 0 aliphatic heterocycles.